The van der Waals surface area contributed by atoms with E-state index in [9.17, 15) is 24.6 Å². The van der Waals surface area contributed by atoms with Crippen molar-refractivity contribution in [3.05, 3.63) is 30.7 Å². The SMILES string of the molecule is O=c1c([O-])c([O-])c(=O)c1=O.[K+].[K+]. The zero-order valence-corrected chi connectivity index (χ0v) is 12.8. The summed E-state index contributed by atoms with van der Waals surface area (Å²) >= 11 is 0. The molecule has 0 saturated heterocycles. The number of hydrogen-bond donors (Lipinski definition) is 0. The molecule has 1 aromatic rings. The van der Waals surface area contributed by atoms with Gasteiger partial charge in [0.15, 0.2) is 0 Å². The fraction of sp³-hybridized carbons (Fsp3) is 0. The van der Waals surface area contributed by atoms with Crippen LogP contribution < -0.4 is 129 Å². The molecule has 52 valence electrons. The summed E-state index contributed by atoms with van der Waals surface area (Å²) in [6, 6.07) is 0. The van der Waals surface area contributed by atoms with Gasteiger partial charge in [0, 0.05) is 0 Å². The average molecular weight is 218 g/mol. The van der Waals surface area contributed by atoms with Crippen molar-refractivity contribution in [1.82, 2.24) is 0 Å². The summed E-state index contributed by atoms with van der Waals surface area (Å²) in [5, 5.41) is 20.4. The van der Waals surface area contributed by atoms with Crippen LogP contribution in [-0.4, -0.2) is 0 Å². The van der Waals surface area contributed by atoms with Crippen molar-refractivity contribution < 1.29 is 113 Å². The third-order valence-electron chi connectivity index (χ3n) is 1.03. The van der Waals surface area contributed by atoms with Crippen molar-refractivity contribution in [3.63, 3.8) is 0 Å². The summed E-state index contributed by atoms with van der Waals surface area (Å²) in [7, 11) is 0. The van der Waals surface area contributed by atoms with Gasteiger partial charge < -0.3 is 10.2 Å². The Morgan fingerprint density at radius 3 is 1.00 bits per heavy atom. The van der Waals surface area contributed by atoms with E-state index < -0.39 is 27.8 Å². The number of rotatable bonds is 0. The van der Waals surface area contributed by atoms with Crippen molar-refractivity contribution in [2.24, 2.45) is 0 Å². The largest absolute Gasteiger partial charge is 1.00 e. The van der Waals surface area contributed by atoms with Crippen LogP contribution in [0.15, 0.2) is 14.4 Å². The van der Waals surface area contributed by atoms with Gasteiger partial charge in [0.25, 0.3) is 5.43 Å². The van der Waals surface area contributed by atoms with Crippen molar-refractivity contribution in [2.45, 2.75) is 0 Å². The monoisotopic (exact) mass is 218 g/mol. The van der Waals surface area contributed by atoms with Crippen LogP contribution in [-0.2, 0) is 0 Å². The maximum absolute atomic E-state index is 10.2. The molecule has 0 N–H and O–H groups in total. The summed E-state index contributed by atoms with van der Waals surface area (Å²) in [5.41, 5.74) is -4.56. The minimum Gasteiger partial charge on any atom is -0.870 e. The smallest absolute Gasteiger partial charge is 0.870 e. The fourth-order valence-corrected chi connectivity index (χ4v) is 0.516. The van der Waals surface area contributed by atoms with E-state index >= 15 is 0 Å². The van der Waals surface area contributed by atoms with Gasteiger partial charge in [-0.15, -0.1) is 0 Å². The molecule has 0 aliphatic carbocycles. The quantitative estimate of drug-likeness (QED) is 0.318. The maximum atomic E-state index is 10.2. The second-order valence-corrected chi connectivity index (χ2v) is 1.65. The predicted octanol–water partition coefficient (Wildman–Crippen LogP) is -9.20. The summed E-state index contributed by atoms with van der Waals surface area (Å²) in [4.78, 5) is 30.6. The van der Waals surface area contributed by atoms with Crippen LogP contribution in [0.3, 0.4) is 0 Å². The molecule has 0 amide bonds. The molecule has 0 saturated carbocycles. The van der Waals surface area contributed by atoms with Gasteiger partial charge in [-0.2, -0.15) is 0 Å². The Hall–Kier alpha value is 1.62. The van der Waals surface area contributed by atoms with E-state index in [1.54, 1.807) is 0 Å². The van der Waals surface area contributed by atoms with Crippen molar-refractivity contribution >= 4 is 0 Å². The summed E-state index contributed by atoms with van der Waals surface area (Å²) in [5.74, 6) is -3.04. The average Bonchev–Trinajstić information content (AvgIpc) is 2.07. The molecule has 1 aromatic carbocycles. The zero-order chi connectivity index (χ0) is 7.89. The van der Waals surface area contributed by atoms with E-state index in [0.29, 0.717) is 0 Å². The van der Waals surface area contributed by atoms with E-state index in [4.69, 9.17) is 0 Å². The first-order valence-electron chi connectivity index (χ1n) is 2.27. The summed E-state index contributed by atoms with van der Waals surface area (Å²) in [6.07, 6.45) is 0. The molecule has 7 heteroatoms. The van der Waals surface area contributed by atoms with Gasteiger partial charge in [0.2, 0.25) is 10.9 Å². The molecular weight excluding hydrogens is 218 g/mol. The molecule has 0 atom stereocenters. The van der Waals surface area contributed by atoms with Crippen molar-refractivity contribution in [3.8, 4) is 11.5 Å². The first-order valence-corrected chi connectivity index (χ1v) is 2.27. The van der Waals surface area contributed by atoms with Gasteiger partial charge in [-0.1, -0.05) is 11.5 Å². The van der Waals surface area contributed by atoms with Gasteiger partial charge >= 0.3 is 103 Å². The van der Waals surface area contributed by atoms with Gasteiger partial charge in [0.05, 0.1) is 0 Å². The van der Waals surface area contributed by atoms with E-state index in [1.165, 1.54) is 0 Å². The molecule has 0 radical (unpaired) electrons. The van der Waals surface area contributed by atoms with Crippen LogP contribution in [0.25, 0.3) is 0 Å². The van der Waals surface area contributed by atoms with E-state index in [1.807, 2.05) is 0 Å². The molecule has 0 spiro atoms. The van der Waals surface area contributed by atoms with Crippen LogP contribution in [0.2, 0.25) is 0 Å². The van der Waals surface area contributed by atoms with Gasteiger partial charge in [-0.3, -0.25) is 14.4 Å². The Kier molecular flexibility index (Phi) is 8.26. The minimum absolute atomic E-state index is 0. The molecule has 0 aliphatic heterocycles. The van der Waals surface area contributed by atoms with E-state index in [0.717, 1.165) is 0 Å². The van der Waals surface area contributed by atoms with Crippen LogP contribution in [0.1, 0.15) is 0 Å². The summed E-state index contributed by atoms with van der Waals surface area (Å²) < 4.78 is 0. The molecule has 0 bridgehead atoms. The third kappa shape index (κ3) is 2.81. The molecule has 12 heavy (non-hydrogen) atoms. The van der Waals surface area contributed by atoms with Gasteiger partial charge in [0.1, 0.15) is 0 Å². The molecule has 5 nitrogen and oxygen atoms in total. The normalized spacial score (nSPS) is 8.33. The second-order valence-electron chi connectivity index (χ2n) is 1.65. The Bertz CT molecular complexity index is 366. The minimum atomic E-state index is -1.52. The predicted molar refractivity (Wildman–Crippen MR) is 26.5 cm³/mol. The molecule has 0 heterocycles. The van der Waals surface area contributed by atoms with Crippen LogP contribution in [0.4, 0.5) is 0 Å². The molecule has 0 aliphatic rings. The van der Waals surface area contributed by atoms with Crippen LogP contribution >= 0.6 is 0 Å². The van der Waals surface area contributed by atoms with Gasteiger partial charge in [-0.05, 0) is 0 Å². The van der Waals surface area contributed by atoms with Gasteiger partial charge in [-0.25, -0.2) is 0 Å². The Labute approximate surface area is 151 Å². The number of hydrogen-bond acceptors (Lipinski definition) is 5. The Balaban J connectivity index is 0. The standard InChI is InChI=1S/C5H2O5.2K/c6-1-2(7)4(9)5(10)3(1)8;;/h6-7H;;/q;2*+1/p-2. The second kappa shape index (κ2) is 6.17. The van der Waals surface area contributed by atoms with Crippen LogP contribution in [0.5, 0.6) is 11.5 Å². The zero-order valence-electron chi connectivity index (χ0n) is 6.54. The first kappa shape index (κ1) is 16.1. The Morgan fingerprint density at radius 1 is 0.667 bits per heavy atom. The van der Waals surface area contributed by atoms with Crippen molar-refractivity contribution in [1.29, 1.82) is 0 Å². The topological polar surface area (TPSA) is 97.3 Å². The third-order valence-corrected chi connectivity index (χ3v) is 1.03. The summed E-state index contributed by atoms with van der Waals surface area (Å²) in [6.45, 7) is 0. The molecular formula is C5K2O5. The van der Waals surface area contributed by atoms with E-state index in [-0.39, 0.29) is 103 Å². The molecule has 0 unspecified atom stereocenters. The fourth-order valence-electron chi connectivity index (χ4n) is 0.516. The molecule has 0 aromatic heterocycles. The van der Waals surface area contributed by atoms with Crippen LogP contribution in [0, 0.1) is 0 Å². The molecule has 0 fully saturated rings. The van der Waals surface area contributed by atoms with Crippen molar-refractivity contribution in [2.75, 3.05) is 0 Å². The first-order chi connectivity index (χ1) is 4.55. The van der Waals surface area contributed by atoms with E-state index in [2.05, 4.69) is 0 Å². The Morgan fingerprint density at radius 2 is 0.917 bits per heavy atom. The maximum Gasteiger partial charge on any atom is 1.00 e. The molecule has 1 rings (SSSR count).